The molecule has 2 heterocycles. The van der Waals surface area contributed by atoms with Crippen molar-refractivity contribution in [3.63, 3.8) is 0 Å². The van der Waals surface area contributed by atoms with Gasteiger partial charge in [0, 0.05) is 34.8 Å². The van der Waals surface area contributed by atoms with Gasteiger partial charge in [-0.15, -0.1) is 0 Å². The molecule has 0 radical (unpaired) electrons. The van der Waals surface area contributed by atoms with Crippen LogP contribution in [0.5, 0.6) is 0 Å². The van der Waals surface area contributed by atoms with Crippen molar-refractivity contribution < 1.29 is 22.1 Å². The maximum Gasteiger partial charge on any atom is 0.258 e. The van der Waals surface area contributed by atoms with Crippen molar-refractivity contribution in [3.05, 3.63) is 111 Å². The minimum absolute atomic E-state index is 0.0561. The third-order valence-electron chi connectivity index (χ3n) is 6.58. The normalized spacial score (nSPS) is 14.2. The Morgan fingerprint density at radius 1 is 1.02 bits per heavy atom. The van der Waals surface area contributed by atoms with Crippen LogP contribution >= 0.6 is 23.2 Å². The number of amides is 1. The van der Waals surface area contributed by atoms with Gasteiger partial charge in [-0.2, -0.15) is 0 Å². The van der Waals surface area contributed by atoms with Gasteiger partial charge in [-0.1, -0.05) is 52.6 Å². The summed E-state index contributed by atoms with van der Waals surface area (Å²) in [5, 5.41) is 7.42. The van der Waals surface area contributed by atoms with Crippen LogP contribution in [0.15, 0.2) is 77.3 Å². The summed E-state index contributed by atoms with van der Waals surface area (Å²) in [6.07, 6.45) is 1.06. The average Bonchev–Trinajstić information content (AvgIpc) is 3.27. The van der Waals surface area contributed by atoms with E-state index in [9.17, 15) is 17.6 Å². The standard InChI is InChI=1S/C28H25Cl2FN4O4S/c1-17-11-26(39-33-17)32-28(36)20-12-23(31)14-24(13-20)35(40(2,37)38)25-15-34(16-25)27(18-3-7-21(29)8-4-18)19-5-9-22(30)10-6-19/h3-14,25,27H,15-16H2,1-2H3,(H,32,36). The number of nitrogens with one attached hydrogen (secondary N) is 1. The fraction of sp³-hybridized carbons (Fsp3) is 0.214. The van der Waals surface area contributed by atoms with E-state index in [-0.39, 0.29) is 23.2 Å². The second-order valence-corrected chi connectivity index (χ2v) is 12.4. The van der Waals surface area contributed by atoms with Gasteiger partial charge < -0.3 is 4.52 Å². The van der Waals surface area contributed by atoms with Crippen LogP contribution in [0.3, 0.4) is 0 Å². The molecule has 208 valence electrons. The van der Waals surface area contributed by atoms with Gasteiger partial charge >= 0.3 is 0 Å². The molecule has 0 saturated carbocycles. The molecular weight excluding hydrogens is 578 g/mol. The number of carbonyl (C=O) groups is 1. The quantitative estimate of drug-likeness (QED) is 0.269. The highest BCUT2D eigenvalue weighted by molar-refractivity contribution is 7.92. The molecule has 1 aliphatic rings. The molecule has 4 aromatic rings. The van der Waals surface area contributed by atoms with Gasteiger partial charge in [0.25, 0.3) is 5.91 Å². The SMILES string of the molecule is Cc1cc(NC(=O)c2cc(F)cc(N(C3CN(C(c4ccc(Cl)cc4)c4ccc(Cl)cc4)C3)S(C)(=O)=O)c2)on1. The topological polar surface area (TPSA) is 95.8 Å². The Kier molecular flexibility index (Phi) is 7.87. The molecule has 0 bridgehead atoms. The minimum atomic E-state index is -3.84. The summed E-state index contributed by atoms with van der Waals surface area (Å²) < 4.78 is 46.8. The highest BCUT2D eigenvalue weighted by Crippen LogP contribution is 2.37. The predicted molar refractivity (Wildman–Crippen MR) is 153 cm³/mol. The fourth-order valence-corrected chi connectivity index (χ4v) is 6.28. The first kappa shape index (κ1) is 28.1. The lowest BCUT2D eigenvalue weighted by atomic mass is 9.93. The molecule has 0 atom stereocenters. The number of benzene rings is 3. The largest absolute Gasteiger partial charge is 0.338 e. The van der Waals surface area contributed by atoms with Crippen molar-refractivity contribution in [1.82, 2.24) is 10.1 Å². The number of hydrogen-bond acceptors (Lipinski definition) is 6. The fourth-order valence-electron chi connectivity index (χ4n) is 4.86. The lowest BCUT2D eigenvalue weighted by Crippen LogP contribution is -2.61. The second-order valence-electron chi connectivity index (χ2n) is 9.66. The van der Waals surface area contributed by atoms with Crippen LogP contribution in [0.1, 0.15) is 33.2 Å². The van der Waals surface area contributed by atoms with Gasteiger partial charge in [0.2, 0.25) is 15.9 Å². The second kappa shape index (κ2) is 11.2. The number of halogens is 3. The molecule has 8 nitrogen and oxygen atoms in total. The Labute approximate surface area is 241 Å². The summed E-state index contributed by atoms with van der Waals surface area (Å²) in [5.41, 5.74) is 2.50. The molecule has 40 heavy (non-hydrogen) atoms. The van der Waals surface area contributed by atoms with Crippen LogP contribution in [-0.4, -0.2) is 49.8 Å². The molecule has 1 aliphatic heterocycles. The molecule has 0 spiro atoms. The minimum Gasteiger partial charge on any atom is -0.338 e. The molecule has 1 amide bonds. The van der Waals surface area contributed by atoms with Crippen LogP contribution in [-0.2, 0) is 10.0 Å². The Balaban J connectivity index is 1.42. The summed E-state index contributed by atoms with van der Waals surface area (Å²) in [4.78, 5) is 14.9. The summed E-state index contributed by atoms with van der Waals surface area (Å²) in [5.74, 6) is -1.31. The van der Waals surface area contributed by atoms with Gasteiger partial charge in [-0.3, -0.25) is 19.3 Å². The summed E-state index contributed by atoms with van der Waals surface area (Å²) in [6, 6.07) is 19.3. The zero-order valence-corrected chi connectivity index (χ0v) is 23.8. The van der Waals surface area contributed by atoms with Gasteiger partial charge in [-0.05, 0) is 60.5 Å². The van der Waals surface area contributed by atoms with E-state index in [1.54, 1.807) is 31.2 Å². The van der Waals surface area contributed by atoms with E-state index in [2.05, 4.69) is 15.4 Å². The molecule has 0 unspecified atom stereocenters. The van der Waals surface area contributed by atoms with Gasteiger partial charge in [-0.25, -0.2) is 12.8 Å². The van der Waals surface area contributed by atoms with Crippen molar-refractivity contribution in [2.24, 2.45) is 0 Å². The first-order chi connectivity index (χ1) is 19.0. The first-order valence-corrected chi connectivity index (χ1v) is 14.9. The van der Waals surface area contributed by atoms with Crippen LogP contribution in [0, 0.1) is 12.7 Å². The number of likely N-dealkylation sites (tertiary alicyclic amines) is 1. The van der Waals surface area contributed by atoms with Crippen LogP contribution in [0.2, 0.25) is 10.0 Å². The molecule has 1 aromatic heterocycles. The zero-order chi connectivity index (χ0) is 28.6. The molecular formula is C28H25Cl2FN4O4S. The number of hydrogen-bond donors (Lipinski definition) is 1. The Morgan fingerprint density at radius 3 is 2.10 bits per heavy atom. The van der Waals surface area contributed by atoms with E-state index in [1.807, 2.05) is 24.3 Å². The monoisotopic (exact) mass is 602 g/mol. The maximum atomic E-state index is 14.7. The summed E-state index contributed by atoms with van der Waals surface area (Å²) in [7, 11) is -3.84. The number of nitrogens with zero attached hydrogens (tertiary/aromatic N) is 3. The number of rotatable bonds is 8. The third-order valence-corrected chi connectivity index (χ3v) is 8.31. The van der Waals surface area contributed by atoms with Crippen molar-refractivity contribution >= 4 is 50.7 Å². The van der Waals surface area contributed by atoms with E-state index in [0.717, 1.165) is 29.5 Å². The zero-order valence-electron chi connectivity index (χ0n) is 21.5. The predicted octanol–water partition coefficient (Wildman–Crippen LogP) is 5.92. The lowest BCUT2D eigenvalue weighted by Gasteiger charge is -2.48. The van der Waals surface area contributed by atoms with Crippen LogP contribution in [0.4, 0.5) is 16.0 Å². The average molecular weight is 604 g/mol. The van der Waals surface area contributed by atoms with E-state index in [0.29, 0.717) is 28.8 Å². The maximum absolute atomic E-state index is 14.7. The Morgan fingerprint density at radius 2 is 1.60 bits per heavy atom. The van der Waals surface area contributed by atoms with Crippen LogP contribution in [0.25, 0.3) is 0 Å². The van der Waals surface area contributed by atoms with Crippen molar-refractivity contribution in [2.45, 2.75) is 19.0 Å². The van der Waals surface area contributed by atoms with Gasteiger partial charge in [0.05, 0.1) is 29.7 Å². The Hall–Kier alpha value is -3.44. The lowest BCUT2D eigenvalue weighted by molar-refractivity contribution is 0.102. The molecule has 1 saturated heterocycles. The highest BCUT2D eigenvalue weighted by atomic mass is 35.5. The van der Waals surface area contributed by atoms with E-state index < -0.39 is 27.8 Å². The van der Waals surface area contributed by atoms with Crippen LogP contribution < -0.4 is 9.62 Å². The van der Waals surface area contributed by atoms with Crippen molar-refractivity contribution in [3.8, 4) is 0 Å². The van der Waals surface area contributed by atoms with Gasteiger partial charge in [0.15, 0.2) is 0 Å². The van der Waals surface area contributed by atoms with Gasteiger partial charge in [0.1, 0.15) is 5.82 Å². The highest BCUT2D eigenvalue weighted by Gasteiger charge is 2.41. The molecule has 0 aliphatic carbocycles. The number of aromatic nitrogens is 1. The van der Waals surface area contributed by atoms with E-state index in [4.69, 9.17) is 27.7 Å². The number of carbonyl (C=O) groups excluding carboxylic acids is 1. The molecule has 1 fully saturated rings. The first-order valence-electron chi connectivity index (χ1n) is 12.3. The van der Waals surface area contributed by atoms with Crippen molar-refractivity contribution in [2.75, 3.05) is 29.0 Å². The molecule has 12 heteroatoms. The third kappa shape index (κ3) is 6.15. The van der Waals surface area contributed by atoms with E-state index in [1.165, 1.54) is 16.4 Å². The number of sulfonamides is 1. The molecule has 5 rings (SSSR count). The number of anilines is 2. The summed E-state index contributed by atoms with van der Waals surface area (Å²) in [6.45, 7) is 2.41. The van der Waals surface area contributed by atoms with E-state index >= 15 is 0 Å². The summed E-state index contributed by atoms with van der Waals surface area (Å²) >= 11 is 12.2. The Bertz CT molecular complexity index is 1590. The van der Waals surface area contributed by atoms with Crippen molar-refractivity contribution in [1.29, 1.82) is 0 Å². The number of aryl methyl sites for hydroxylation is 1. The molecule has 1 N–H and O–H groups in total. The molecule has 3 aromatic carbocycles. The smallest absolute Gasteiger partial charge is 0.258 e.